The molecule has 0 fully saturated rings. The standard InChI is InChI=1S/C16H17N3OS/c1-8-14-9(2)18-19-16(14)17-11-6-10(7-12(20)15(8)11)13-4-3-5-21-13/h3-5,8,10H,6-7H2,1-2H3,(H2,17,18,19)/t8-,10+/m0/s1. The minimum atomic E-state index is 0.131. The molecular weight excluding hydrogens is 282 g/mol. The molecule has 21 heavy (non-hydrogen) atoms. The molecule has 0 spiro atoms. The summed E-state index contributed by atoms with van der Waals surface area (Å²) < 4.78 is 0. The second-order valence-corrected chi connectivity index (χ2v) is 6.87. The maximum Gasteiger partial charge on any atom is 0.161 e. The number of carbonyl (C=O) groups is 1. The normalized spacial score (nSPS) is 24.6. The Hall–Kier alpha value is -1.88. The van der Waals surface area contributed by atoms with Crippen LogP contribution in [-0.4, -0.2) is 16.0 Å². The van der Waals surface area contributed by atoms with Crippen molar-refractivity contribution in [3.05, 3.63) is 44.9 Å². The van der Waals surface area contributed by atoms with Crippen LogP contribution in [0.4, 0.5) is 5.82 Å². The number of ketones is 1. The maximum atomic E-state index is 12.7. The van der Waals surface area contributed by atoms with Crippen LogP contribution >= 0.6 is 11.3 Å². The molecule has 3 heterocycles. The molecule has 2 aliphatic rings. The van der Waals surface area contributed by atoms with E-state index in [1.54, 1.807) is 11.3 Å². The molecule has 2 aromatic rings. The summed E-state index contributed by atoms with van der Waals surface area (Å²) in [5.41, 5.74) is 4.21. The largest absolute Gasteiger partial charge is 0.342 e. The molecule has 0 aromatic carbocycles. The SMILES string of the molecule is Cc1[nH]nc2c1[C@H](C)C1=C(C[C@@H](c3cccs3)CC1=O)N2. The van der Waals surface area contributed by atoms with E-state index in [0.29, 0.717) is 12.3 Å². The summed E-state index contributed by atoms with van der Waals surface area (Å²) in [5, 5.41) is 12.8. The van der Waals surface area contributed by atoms with Crippen molar-refractivity contribution >= 4 is 22.9 Å². The minimum Gasteiger partial charge on any atom is -0.342 e. The van der Waals surface area contributed by atoms with Crippen LogP contribution in [0, 0.1) is 6.92 Å². The number of aromatic amines is 1. The first kappa shape index (κ1) is 12.8. The van der Waals surface area contributed by atoms with Crippen molar-refractivity contribution in [1.29, 1.82) is 0 Å². The molecule has 4 rings (SSSR count). The van der Waals surface area contributed by atoms with Gasteiger partial charge in [-0.3, -0.25) is 9.89 Å². The average molecular weight is 299 g/mol. The Labute approximate surface area is 127 Å². The Morgan fingerprint density at radius 1 is 1.38 bits per heavy atom. The Balaban J connectivity index is 1.74. The highest BCUT2D eigenvalue weighted by atomic mass is 32.1. The summed E-state index contributed by atoms with van der Waals surface area (Å²) in [6.45, 7) is 4.12. The fourth-order valence-electron chi connectivity index (χ4n) is 3.63. The number of fused-ring (bicyclic) bond motifs is 1. The molecule has 4 nitrogen and oxygen atoms in total. The molecule has 2 N–H and O–H groups in total. The van der Waals surface area contributed by atoms with Crippen molar-refractivity contribution < 1.29 is 4.79 Å². The number of nitrogens with one attached hydrogen (secondary N) is 2. The number of anilines is 1. The van der Waals surface area contributed by atoms with Crippen molar-refractivity contribution in [2.75, 3.05) is 5.32 Å². The van der Waals surface area contributed by atoms with Crippen LogP contribution in [0.5, 0.6) is 0 Å². The average Bonchev–Trinajstić information content (AvgIpc) is 3.08. The van der Waals surface area contributed by atoms with Crippen molar-refractivity contribution in [2.45, 2.75) is 38.5 Å². The van der Waals surface area contributed by atoms with E-state index in [0.717, 1.165) is 34.8 Å². The number of rotatable bonds is 1. The van der Waals surface area contributed by atoms with E-state index in [1.807, 2.05) is 6.92 Å². The number of carbonyl (C=O) groups excluding carboxylic acids is 1. The minimum absolute atomic E-state index is 0.131. The van der Waals surface area contributed by atoms with Crippen molar-refractivity contribution in [1.82, 2.24) is 10.2 Å². The lowest BCUT2D eigenvalue weighted by Crippen LogP contribution is -2.28. The van der Waals surface area contributed by atoms with E-state index in [2.05, 4.69) is 40.0 Å². The third-order valence-electron chi connectivity index (χ3n) is 4.58. The van der Waals surface area contributed by atoms with Crippen molar-refractivity contribution in [3.63, 3.8) is 0 Å². The predicted molar refractivity (Wildman–Crippen MR) is 83.7 cm³/mol. The van der Waals surface area contributed by atoms with E-state index < -0.39 is 0 Å². The summed E-state index contributed by atoms with van der Waals surface area (Å²) in [4.78, 5) is 14.0. The van der Waals surface area contributed by atoms with Gasteiger partial charge in [-0.15, -0.1) is 11.3 Å². The molecule has 1 aliphatic carbocycles. The first-order valence-corrected chi connectivity index (χ1v) is 8.14. The number of nitrogens with zero attached hydrogens (tertiary/aromatic N) is 1. The van der Waals surface area contributed by atoms with Crippen LogP contribution < -0.4 is 5.32 Å². The Morgan fingerprint density at radius 2 is 2.24 bits per heavy atom. The first-order chi connectivity index (χ1) is 10.1. The molecule has 108 valence electrons. The molecule has 0 amide bonds. The quantitative estimate of drug-likeness (QED) is 0.844. The molecular formula is C16H17N3OS. The van der Waals surface area contributed by atoms with Gasteiger partial charge >= 0.3 is 0 Å². The number of hydrogen-bond donors (Lipinski definition) is 2. The fourth-order valence-corrected chi connectivity index (χ4v) is 4.46. The molecule has 0 radical (unpaired) electrons. The molecule has 1 aliphatic heterocycles. The zero-order valence-corrected chi connectivity index (χ0v) is 12.9. The lowest BCUT2D eigenvalue weighted by molar-refractivity contribution is -0.116. The zero-order valence-electron chi connectivity index (χ0n) is 12.1. The second-order valence-electron chi connectivity index (χ2n) is 5.89. The number of allylic oxidation sites excluding steroid dienone is 2. The summed E-state index contributed by atoms with van der Waals surface area (Å²) in [6, 6.07) is 4.19. The van der Waals surface area contributed by atoms with Crippen molar-refractivity contribution in [3.8, 4) is 0 Å². The highest BCUT2D eigenvalue weighted by Gasteiger charge is 2.37. The van der Waals surface area contributed by atoms with Gasteiger partial charge in [-0.05, 0) is 24.8 Å². The molecule has 0 saturated heterocycles. The van der Waals surface area contributed by atoms with Gasteiger partial charge < -0.3 is 5.32 Å². The van der Waals surface area contributed by atoms with Gasteiger partial charge in [-0.25, -0.2) is 0 Å². The molecule has 0 unspecified atom stereocenters. The molecule has 2 aromatic heterocycles. The molecule has 0 bridgehead atoms. The lowest BCUT2D eigenvalue weighted by atomic mass is 9.76. The van der Waals surface area contributed by atoms with Gasteiger partial charge in [-0.1, -0.05) is 13.0 Å². The van der Waals surface area contributed by atoms with Crippen LogP contribution in [0.15, 0.2) is 28.8 Å². The van der Waals surface area contributed by atoms with Gasteiger partial charge in [0.15, 0.2) is 11.6 Å². The van der Waals surface area contributed by atoms with Crippen LogP contribution in [0.25, 0.3) is 0 Å². The first-order valence-electron chi connectivity index (χ1n) is 7.26. The number of thiophene rings is 1. The third-order valence-corrected chi connectivity index (χ3v) is 5.62. The lowest BCUT2D eigenvalue weighted by Gasteiger charge is -2.32. The Kier molecular flexibility index (Phi) is 2.79. The second kappa shape index (κ2) is 4.56. The number of aryl methyl sites for hydroxylation is 1. The van der Waals surface area contributed by atoms with Crippen molar-refractivity contribution in [2.24, 2.45) is 0 Å². The number of H-pyrrole nitrogens is 1. The summed E-state index contributed by atoms with van der Waals surface area (Å²) in [7, 11) is 0. The van der Waals surface area contributed by atoms with Crippen LogP contribution in [0.3, 0.4) is 0 Å². The van der Waals surface area contributed by atoms with Gasteiger partial charge in [0, 0.05) is 45.7 Å². The van der Waals surface area contributed by atoms with Gasteiger partial charge in [-0.2, -0.15) is 5.10 Å². The Bertz CT molecular complexity index is 742. The third kappa shape index (κ3) is 1.87. The molecule has 0 saturated carbocycles. The number of hydrogen-bond acceptors (Lipinski definition) is 4. The van der Waals surface area contributed by atoms with E-state index in [9.17, 15) is 4.79 Å². The zero-order chi connectivity index (χ0) is 14.6. The smallest absolute Gasteiger partial charge is 0.161 e. The number of Topliss-reactive ketones (excluding diaryl/α,β-unsaturated/α-hetero) is 1. The summed E-state index contributed by atoms with van der Waals surface area (Å²) in [5.74, 6) is 1.60. The molecule has 2 atom stereocenters. The highest BCUT2D eigenvalue weighted by molar-refractivity contribution is 7.10. The van der Waals surface area contributed by atoms with Crippen LogP contribution in [0.2, 0.25) is 0 Å². The predicted octanol–water partition coefficient (Wildman–Crippen LogP) is 3.71. The van der Waals surface area contributed by atoms with Crippen LogP contribution in [0.1, 0.15) is 47.7 Å². The van der Waals surface area contributed by atoms with E-state index >= 15 is 0 Å². The monoisotopic (exact) mass is 299 g/mol. The fraction of sp³-hybridized carbons (Fsp3) is 0.375. The maximum absolute atomic E-state index is 12.7. The van der Waals surface area contributed by atoms with Gasteiger partial charge in [0.05, 0.1) is 0 Å². The summed E-state index contributed by atoms with van der Waals surface area (Å²) >= 11 is 1.74. The van der Waals surface area contributed by atoms with E-state index in [1.165, 1.54) is 4.88 Å². The topological polar surface area (TPSA) is 57.8 Å². The Morgan fingerprint density at radius 3 is 3.00 bits per heavy atom. The number of aromatic nitrogens is 2. The molecule has 5 heteroatoms. The van der Waals surface area contributed by atoms with E-state index in [-0.39, 0.29) is 11.7 Å². The van der Waals surface area contributed by atoms with Gasteiger partial charge in [0.25, 0.3) is 0 Å². The summed E-state index contributed by atoms with van der Waals surface area (Å²) in [6.07, 6.45) is 1.52. The van der Waals surface area contributed by atoms with E-state index in [4.69, 9.17) is 0 Å². The van der Waals surface area contributed by atoms with Gasteiger partial charge in [0.2, 0.25) is 0 Å². The highest BCUT2D eigenvalue weighted by Crippen LogP contribution is 2.45. The van der Waals surface area contributed by atoms with Crippen LogP contribution in [-0.2, 0) is 4.79 Å². The van der Waals surface area contributed by atoms with Gasteiger partial charge in [0.1, 0.15) is 0 Å².